The van der Waals surface area contributed by atoms with Gasteiger partial charge in [0.25, 0.3) is 5.91 Å². The van der Waals surface area contributed by atoms with E-state index < -0.39 is 0 Å². The maximum atomic E-state index is 12.8. The van der Waals surface area contributed by atoms with Gasteiger partial charge in [-0.2, -0.15) is 0 Å². The van der Waals surface area contributed by atoms with Crippen molar-refractivity contribution in [3.63, 3.8) is 0 Å². The van der Waals surface area contributed by atoms with Crippen molar-refractivity contribution in [2.24, 2.45) is 5.92 Å². The van der Waals surface area contributed by atoms with Gasteiger partial charge in [0.1, 0.15) is 5.82 Å². The Morgan fingerprint density at radius 1 is 1.30 bits per heavy atom. The van der Waals surface area contributed by atoms with Gasteiger partial charge in [0.05, 0.1) is 24.1 Å². The molecule has 3 heterocycles. The van der Waals surface area contributed by atoms with Crippen molar-refractivity contribution in [3.05, 3.63) is 23.9 Å². The number of likely N-dealkylation sites (tertiary alicyclic amines) is 1. The molecule has 1 aromatic rings. The van der Waals surface area contributed by atoms with E-state index in [0.29, 0.717) is 31.9 Å². The number of anilines is 1. The van der Waals surface area contributed by atoms with Crippen LogP contribution in [0.1, 0.15) is 44.0 Å². The number of hydrogen-bond acceptors (Lipinski definition) is 5. The van der Waals surface area contributed by atoms with E-state index in [4.69, 9.17) is 4.74 Å². The highest BCUT2D eigenvalue weighted by atomic mass is 16.5. The first-order chi connectivity index (χ1) is 12.7. The smallest absolute Gasteiger partial charge is 0.255 e. The summed E-state index contributed by atoms with van der Waals surface area (Å²) < 4.78 is 5.32. The van der Waals surface area contributed by atoms with Crippen LogP contribution in [-0.2, 0) is 9.53 Å². The molecule has 0 aliphatic carbocycles. The van der Waals surface area contributed by atoms with Crippen LogP contribution < -0.4 is 5.32 Å². The highest BCUT2D eigenvalue weighted by Crippen LogP contribution is 2.22. The fraction of sp³-hybridized carbons (Fsp3) is 0.650. The van der Waals surface area contributed by atoms with Crippen LogP contribution in [0.2, 0.25) is 0 Å². The van der Waals surface area contributed by atoms with Crippen LogP contribution in [0.5, 0.6) is 0 Å². The second-order valence-electron chi connectivity index (χ2n) is 8.51. The predicted octanol–water partition coefficient (Wildman–Crippen LogP) is 2.00. The molecule has 0 aromatic carbocycles. The van der Waals surface area contributed by atoms with Gasteiger partial charge in [-0.05, 0) is 45.7 Å². The van der Waals surface area contributed by atoms with Crippen LogP contribution in [0.3, 0.4) is 0 Å². The minimum Gasteiger partial charge on any atom is -0.381 e. The van der Waals surface area contributed by atoms with E-state index in [-0.39, 0.29) is 29.3 Å². The first kappa shape index (κ1) is 19.6. The Balaban J connectivity index is 1.57. The van der Waals surface area contributed by atoms with Gasteiger partial charge in [-0.3, -0.25) is 9.59 Å². The van der Waals surface area contributed by atoms with E-state index >= 15 is 0 Å². The first-order valence-corrected chi connectivity index (χ1v) is 9.62. The van der Waals surface area contributed by atoms with Gasteiger partial charge in [0.2, 0.25) is 5.91 Å². The van der Waals surface area contributed by atoms with E-state index in [0.717, 1.165) is 18.7 Å². The Hall–Kier alpha value is -2.15. The van der Waals surface area contributed by atoms with Gasteiger partial charge in [-0.1, -0.05) is 0 Å². The number of amides is 2. The van der Waals surface area contributed by atoms with Crippen molar-refractivity contribution in [2.45, 2.75) is 45.2 Å². The molecule has 1 aromatic heterocycles. The zero-order chi connectivity index (χ0) is 19.6. The molecule has 0 spiro atoms. The summed E-state index contributed by atoms with van der Waals surface area (Å²) in [5, 5.41) is 3.29. The molecule has 148 valence electrons. The molecule has 3 rings (SSSR count). The van der Waals surface area contributed by atoms with Crippen molar-refractivity contribution in [1.29, 1.82) is 0 Å². The van der Waals surface area contributed by atoms with Gasteiger partial charge in [-0.25, -0.2) is 4.98 Å². The lowest BCUT2D eigenvalue weighted by atomic mass is 10.1. The Bertz CT molecular complexity index is 677. The van der Waals surface area contributed by atoms with E-state index in [2.05, 4.69) is 31.1 Å². The molecular weight excluding hydrogens is 344 g/mol. The van der Waals surface area contributed by atoms with E-state index in [1.165, 1.54) is 0 Å². The zero-order valence-corrected chi connectivity index (χ0v) is 16.7. The number of rotatable bonds is 4. The zero-order valence-electron chi connectivity index (χ0n) is 16.7. The van der Waals surface area contributed by atoms with Crippen LogP contribution >= 0.6 is 0 Å². The quantitative estimate of drug-likeness (QED) is 0.873. The summed E-state index contributed by atoms with van der Waals surface area (Å²) in [5.74, 6) is 0.817. The van der Waals surface area contributed by atoms with Gasteiger partial charge < -0.3 is 19.9 Å². The molecule has 0 bridgehead atoms. The third-order valence-electron chi connectivity index (χ3n) is 5.14. The number of pyridine rings is 1. The Labute approximate surface area is 161 Å². The molecule has 7 heteroatoms. The van der Waals surface area contributed by atoms with Crippen LogP contribution in [-0.4, -0.2) is 71.5 Å². The molecule has 7 nitrogen and oxygen atoms in total. The minimum atomic E-state index is -0.0812. The van der Waals surface area contributed by atoms with Crippen LogP contribution in [0.4, 0.5) is 5.82 Å². The number of aromatic nitrogens is 1. The molecule has 2 aliphatic rings. The summed E-state index contributed by atoms with van der Waals surface area (Å²) in [6.07, 6.45) is 3.21. The van der Waals surface area contributed by atoms with Crippen LogP contribution in [0.15, 0.2) is 18.3 Å². The van der Waals surface area contributed by atoms with Crippen LogP contribution in [0.25, 0.3) is 0 Å². The molecule has 0 radical (unpaired) electrons. The number of carbonyl (C=O) groups excluding carboxylic acids is 2. The maximum absolute atomic E-state index is 12.8. The SMILES string of the molecule is CN(C(=O)C1CCOC1)[C@H]1CCN(C(=O)c2ccc(NC(C)(C)C)nc2)C1. The lowest BCUT2D eigenvalue weighted by Crippen LogP contribution is -2.43. The first-order valence-electron chi connectivity index (χ1n) is 9.62. The topological polar surface area (TPSA) is 74.8 Å². The summed E-state index contributed by atoms with van der Waals surface area (Å²) in [6.45, 7) is 8.58. The van der Waals surface area contributed by atoms with Crippen molar-refractivity contribution in [2.75, 3.05) is 38.7 Å². The predicted molar refractivity (Wildman–Crippen MR) is 104 cm³/mol. The van der Waals surface area contributed by atoms with Gasteiger partial charge in [0.15, 0.2) is 0 Å². The largest absolute Gasteiger partial charge is 0.381 e. The Morgan fingerprint density at radius 2 is 2.07 bits per heavy atom. The Kier molecular flexibility index (Phi) is 5.69. The standard InChI is InChI=1S/C20H30N4O3/c1-20(2,3)22-17-6-5-14(11-21-17)19(26)24-9-7-16(12-24)23(4)18(25)15-8-10-27-13-15/h5-6,11,15-16H,7-10,12-13H2,1-4H3,(H,21,22)/t15?,16-/m0/s1. The van der Waals surface area contributed by atoms with E-state index in [1.54, 1.807) is 11.1 Å². The molecule has 1 unspecified atom stereocenters. The fourth-order valence-corrected chi connectivity index (χ4v) is 3.60. The number of hydrogen-bond donors (Lipinski definition) is 1. The van der Waals surface area contributed by atoms with Crippen LogP contribution in [0, 0.1) is 5.92 Å². The number of nitrogens with one attached hydrogen (secondary N) is 1. The van der Waals surface area contributed by atoms with E-state index in [1.807, 2.05) is 24.1 Å². The molecule has 2 fully saturated rings. The number of ether oxygens (including phenoxy) is 1. The number of carbonyl (C=O) groups is 2. The average Bonchev–Trinajstić information content (AvgIpc) is 3.31. The van der Waals surface area contributed by atoms with Crippen molar-refractivity contribution < 1.29 is 14.3 Å². The number of likely N-dealkylation sites (N-methyl/N-ethyl adjacent to an activating group) is 1. The normalized spacial score (nSPS) is 22.7. The summed E-state index contributed by atoms with van der Waals surface area (Å²) >= 11 is 0. The highest BCUT2D eigenvalue weighted by molar-refractivity contribution is 5.94. The fourth-order valence-electron chi connectivity index (χ4n) is 3.60. The molecule has 0 saturated carbocycles. The average molecular weight is 374 g/mol. The third kappa shape index (κ3) is 4.77. The maximum Gasteiger partial charge on any atom is 0.255 e. The van der Waals surface area contributed by atoms with Crippen molar-refractivity contribution in [1.82, 2.24) is 14.8 Å². The summed E-state index contributed by atoms with van der Waals surface area (Å²) in [5.41, 5.74) is 0.496. The second kappa shape index (κ2) is 7.84. The summed E-state index contributed by atoms with van der Waals surface area (Å²) in [4.78, 5) is 33.3. The molecule has 27 heavy (non-hydrogen) atoms. The second-order valence-corrected chi connectivity index (χ2v) is 8.51. The third-order valence-corrected chi connectivity index (χ3v) is 5.14. The highest BCUT2D eigenvalue weighted by Gasteiger charge is 2.35. The van der Waals surface area contributed by atoms with Gasteiger partial charge in [0, 0.05) is 38.5 Å². The van der Waals surface area contributed by atoms with Crippen molar-refractivity contribution >= 4 is 17.6 Å². The summed E-state index contributed by atoms with van der Waals surface area (Å²) in [7, 11) is 1.84. The number of nitrogens with zero attached hydrogens (tertiary/aromatic N) is 3. The molecular formula is C20H30N4O3. The molecule has 2 saturated heterocycles. The molecule has 2 amide bonds. The minimum absolute atomic E-state index is 0.0302. The molecule has 2 aliphatic heterocycles. The monoisotopic (exact) mass is 374 g/mol. The van der Waals surface area contributed by atoms with E-state index in [9.17, 15) is 9.59 Å². The lowest BCUT2D eigenvalue weighted by Gasteiger charge is -2.27. The lowest BCUT2D eigenvalue weighted by molar-refractivity contribution is -0.136. The Morgan fingerprint density at radius 3 is 2.67 bits per heavy atom. The summed E-state index contributed by atoms with van der Waals surface area (Å²) in [6, 6.07) is 3.71. The molecule has 1 N–H and O–H groups in total. The van der Waals surface area contributed by atoms with Gasteiger partial charge >= 0.3 is 0 Å². The van der Waals surface area contributed by atoms with Crippen molar-refractivity contribution in [3.8, 4) is 0 Å². The molecule has 2 atom stereocenters. The van der Waals surface area contributed by atoms with Gasteiger partial charge in [-0.15, -0.1) is 0 Å².